The Labute approximate surface area is 123 Å². The topological polar surface area (TPSA) is 60.4 Å². The molecule has 4 nitrogen and oxygen atoms in total. The zero-order chi connectivity index (χ0) is 14.7. The Bertz CT molecular complexity index is 595. The van der Waals surface area contributed by atoms with Crippen molar-refractivity contribution in [2.75, 3.05) is 0 Å². The first-order valence-corrected chi connectivity index (χ1v) is 7.38. The van der Waals surface area contributed by atoms with Gasteiger partial charge in [-0.05, 0) is 37.1 Å². The lowest BCUT2D eigenvalue weighted by atomic mass is 9.75. The highest BCUT2D eigenvalue weighted by Gasteiger charge is 2.34. The molecule has 2 aromatic heterocycles. The largest absolute Gasteiger partial charge is 0.469 e. The highest BCUT2D eigenvalue weighted by Crippen LogP contribution is 2.37. The maximum Gasteiger partial charge on any atom is 0.198 e. The first kappa shape index (κ1) is 13.9. The number of hydrogen-bond acceptors (Lipinski definition) is 4. The summed E-state index contributed by atoms with van der Waals surface area (Å²) in [5, 5.41) is 0. The van der Waals surface area contributed by atoms with Crippen LogP contribution in [-0.2, 0) is 4.79 Å². The molecule has 1 saturated carbocycles. The number of ketones is 2. The van der Waals surface area contributed by atoms with Crippen molar-refractivity contribution in [2.24, 2.45) is 5.92 Å². The minimum atomic E-state index is -0.189. The van der Waals surface area contributed by atoms with Crippen molar-refractivity contribution in [3.8, 4) is 0 Å². The molecule has 1 aliphatic rings. The molecule has 0 aliphatic heterocycles. The van der Waals surface area contributed by atoms with Crippen LogP contribution in [0.1, 0.15) is 54.3 Å². The van der Waals surface area contributed by atoms with E-state index in [0.717, 1.165) is 25.0 Å². The van der Waals surface area contributed by atoms with E-state index in [9.17, 15) is 9.59 Å². The van der Waals surface area contributed by atoms with Crippen LogP contribution in [0.15, 0.2) is 45.6 Å². The molecule has 0 amide bonds. The Hall–Kier alpha value is -2.10. The molecule has 0 unspecified atom stereocenters. The van der Waals surface area contributed by atoms with Crippen LogP contribution in [0.5, 0.6) is 0 Å². The van der Waals surface area contributed by atoms with Gasteiger partial charge in [0.05, 0.1) is 12.5 Å². The number of furan rings is 2. The molecule has 0 aromatic carbocycles. The SMILES string of the molecule is O=C(C[C@@H](c1ccco1)[C@@H]1CCCCC1=O)c1ccco1. The fourth-order valence-electron chi connectivity index (χ4n) is 3.12. The van der Waals surface area contributed by atoms with Gasteiger partial charge in [0.1, 0.15) is 11.5 Å². The molecule has 2 atom stereocenters. The summed E-state index contributed by atoms with van der Waals surface area (Å²) in [4.78, 5) is 24.5. The second-order valence-corrected chi connectivity index (χ2v) is 5.55. The number of carbonyl (C=O) groups excluding carboxylic acids is 2. The third kappa shape index (κ3) is 2.99. The quantitative estimate of drug-likeness (QED) is 0.780. The third-order valence-corrected chi connectivity index (χ3v) is 4.20. The van der Waals surface area contributed by atoms with Crippen LogP contribution < -0.4 is 0 Å². The predicted molar refractivity (Wildman–Crippen MR) is 76.1 cm³/mol. The predicted octanol–water partition coefficient (Wildman–Crippen LogP) is 3.99. The van der Waals surface area contributed by atoms with Gasteiger partial charge < -0.3 is 8.83 Å². The van der Waals surface area contributed by atoms with Gasteiger partial charge in [-0.25, -0.2) is 0 Å². The molecule has 110 valence electrons. The van der Waals surface area contributed by atoms with E-state index in [1.807, 2.05) is 6.07 Å². The van der Waals surface area contributed by atoms with E-state index in [1.54, 1.807) is 24.5 Å². The second-order valence-electron chi connectivity index (χ2n) is 5.55. The molecule has 2 aromatic rings. The summed E-state index contributed by atoms with van der Waals surface area (Å²) >= 11 is 0. The lowest BCUT2D eigenvalue weighted by Crippen LogP contribution is -2.27. The molecule has 1 aliphatic carbocycles. The average Bonchev–Trinajstić information content (AvgIpc) is 3.18. The molecule has 0 N–H and O–H groups in total. The van der Waals surface area contributed by atoms with E-state index in [4.69, 9.17) is 8.83 Å². The Kier molecular flexibility index (Phi) is 4.04. The maximum absolute atomic E-state index is 12.3. The van der Waals surface area contributed by atoms with Gasteiger partial charge in [-0.2, -0.15) is 0 Å². The number of carbonyl (C=O) groups is 2. The van der Waals surface area contributed by atoms with Gasteiger partial charge in [-0.15, -0.1) is 0 Å². The Morgan fingerprint density at radius 1 is 1.19 bits per heavy atom. The van der Waals surface area contributed by atoms with Crippen LogP contribution in [0.2, 0.25) is 0 Å². The molecule has 0 radical (unpaired) electrons. The van der Waals surface area contributed by atoms with E-state index in [0.29, 0.717) is 12.2 Å². The van der Waals surface area contributed by atoms with Crippen LogP contribution in [0, 0.1) is 5.92 Å². The Morgan fingerprint density at radius 2 is 2.00 bits per heavy atom. The normalized spacial score (nSPS) is 20.4. The zero-order valence-corrected chi connectivity index (χ0v) is 11.8. The van der Waals surface area contributed by atoms with Gasteiger partial charge in [0.15, 0.2) is 11.5 Å². The molecule has 0 saturated heterocycles. The third-order valence-electron chi connectivity index (χ3n) is 4.20. The van der Waals surface area contributed by atoms with Gasteiger partial charge in [-0.3, -0.25) is 9.59 Å². The zero-order valence-electron chi connectivity index (χ0n) is 11.8. The van der Waals surface area contributed by atoms with Gasteiger partial charge >= 0.3 is 0 Å². The lowest BCUT2D eigenvalue weighted by Gasteiger charge is -2.27. The van der Waals surface area contributed by atoms with Crippen molar-refractivity contribution in [2.45, 2.75) is 38.0 Å². The molecule has 21 heavy (non-hydrogen) atoms. The van der Waals surface area contributed by atoms with Crippen molar-refractivity contribution in [1.82, 2.24) is 0 Å². The maximum atomic E-state index is 12.3. The monoisotopic (exact) mass is 286 g/mol. The fourth-order valence-corrected chi connectivity index (χ4v) is 3.12. The summed E-state index contributed by atoms with van der Waals surface area (Å²) in [6.45, 7) is 0. The summed E-state index contributed by atoms with van der Waals surface area (Å²) in [5.41, 5.74) is 0. The van der Waals surface area contributed by atoms with Gasteiger partial charge in [0.25, 0.3) is 0 Å². The number of hydrogen-bond donors (Lipinski definition) is 0. The highest BCUT2D eigenvalue weighted by atomic mass is 16.3. The smallest absolute Gasteiger partial charge is 0.198 e. The average molecular weight is 286 g/mol. The fraction of sp³-hybridized carbons (Fsp3) is 0.412. The molecule has 4 heteroatoms. The van der Waals surface area contributed by atoms with Crippen LogP contribution in [-0.4, -0.2) is 11.6 Å². The number of Topliss-reactive ketones (excluding diaryl/α,β-unsaturated/α-hetero) is 2. The van der Waals surface area contributed by atoms with Crippen molar-refractivity contribution >= 4 is 11.6 Å². The molecule has 0 bridgehead atoms. The van der Waals surface area contributed by atoms with E-state index < -0.39 is 0 Å². The van der Waals surface area contributed by atoms with E-state index in [-0.39, 0.29) is 29.8 Å². The van der Waals surface area contributed by atoms with Crippen molar-refractivity contribution < 1.29 is 18.4 Å². The summed E-state index contributed by atoms with van der Waals surface area (Å²) in [6.07, 6.45) is 6.74. The van der Waals surface area contributed by atoms with Gasteiger partial charge in [0.2, 0.25) is 0 Å². The summed E-state index contributed by atoms with van der Waals surface area (Å²) < 4.78 is 10.6. The van der Waals surface area contributed by atoms with Crippen LogP contribution in [0.3, 0.4) is 0 Å². The van der Waals surface area contributed by atoms with E-state index in [2.05, 4.69) is 0 Å². The molecule has 0 spiro atoms. The van der Waals surface area contributed by atoms with Gasteiger partial charge in [0, 0.05) is 24.7 Å². The Balaban J connectivity index is 1.83. The lowest BCUT2D eigenvalue weighted by molar-refractivity contribution is -0.125. The summed E-state index contributed by atoms with van der Waals surface area (Å²) in [7, 11) is 0. The first-order chi connectivity index (χ1) is 10.3. The molecule has 3 rings (SSSR count). The van der Waals surface area contributed by atoms with Gasteiger partial charge in [-0.1, -0.05) is 6.42 Å². The summed E-state index contributed by atoms with van der Waals surface area (Å²) in [5.74, 6) is 0.911. The molecular formula is C17H18O4. The van der Waals surface area contributed by atoms with E-state index in [1.165, 1.54) is 6.26 Å². The van der Waals surface area contributed by atoms with Crippen LogP contribution in [0.25, 0.3) is 0 Å². The minimum Gasteiger partial charge on any atom is -0.469 e. The Morgan fingerprint density at radius 3 is 2.67 bits per heavy atom. The van der Waals surface area contributed by atoms with Crippen LogP contribution >= 0.6 is 0 Å². The first-order valence-electron chi connectivity index (χ1n) is 7.38. The van der Waals surface area contributed by atoms with Crippen LogP contribution in [0.4, 0.5) is 0 Å². The molecular weight excluding hydrogens is 268 g/mol. The molecule has 2 heterocycles. The molecule has 1 fully saturated rings. The van der Waals surface area contributed by atoms with Crippen molar-refractivity contribution in [3.63, 3.8) is 0 Å². The van der Waals surface area contributed by atoms with Crippen molar-refractivity contribution in [3.05, 3.63) is 48.3 Å². The minimum absolute atomic E-state index is 0.0835. The van der Waals surface area contributed by atoms with E-state index >= 15 is 0 Å². The standard InChI is InChI=1S/C17H18O4/c18-14-6-2-1-5-12(14)13(16-7-3-9-20-16)11-15(19)17-8-4-10-21-17/h3-4,7-10,12-13H,1-2,5-6,11H2/t12-,13+/m0/s1. The summed E-state index contributed by atoms with van der Waals surface area (Å²) in [6, 6.07) is 7.00. The second kappa shape index (κ2) is 6.12. The van der Waals surface area contributed by atoms with Crippen molar-refractivity contribution in [1.29, 1.82) is 0 Å². The number of rotatable bonds is 5. The highest BCUT2D eigenvalue weighted by molar-refractivity contribution is 5.94.